The number of benzene rings is 3. The van der Waals surface area contributed by atoms with Gasteiger partial charge in [0.15, 0.2) is 6.61 Å². The Labute approximate surface area is 230 Å². The summed E-state index contributed by atoms with van der Waals surface area (Å²) in [6.07, 6.45) is 1.55. The summed E-state index contributed by atoms with van der Waals surface area (Å²) in [6, 6.07) is 24.0. The van der Waals surface area contributed by atoms with E-state index in [1.165, 1.54) is 4.57 Å². The molecule has 1 unspecified atom stereocenters. The van der Waals surface area contributed by atoms with Crippen molar-refractivity contribution in [1.29, 1.82) is 0 Å². The number of fused-ring (bicyclic) bond motifs is 1. The van der Waals surface area contributed by atoms with Crippen molar-refractivity contribution in [3.8, 4) is 17.2 Å². The molecule has 5 rings (SSSR count). The second kappa shape index (κ2) is 11.4. The molecule has 5 aromatic rings. The number of aromatic nitrogens is 2. The van der Waals surface area contributed by atoms with Crippen LogP contribution in [0.25, 0.3) is 16.6 Å². The van der Waals surface area contributed by atoms with Crippen LogP contribution in [0.2, 0.25) is 5.02 Å². The summed E-state index contributed by atoms with van der Waals surface area (Å²) < 4.78 is 18.4. The summed E-state index contributed by atoms with van der Waals surface area (Å²) >= 11 is 5.97. The standard InChI is InChI=1S/C30H26ClN3O5/c1-20(33(18-23-8-7-17-38-23)28(35)19-39-22-15-13-21(31)14-16-22)29-32-25-10-4-3-9-24(25)30(36)34(29)26-11-5-6-12-27(26)37-2/h3-17,20H,18-19H2,1-2H3. The number of hydrogen-bond donors (Lipinski definition) is 0. The molecule has 1 amide bonds. The molecule has 2 heterocycles. The normalized spacial score (nSPS) is 11.8. The number of furan rings is 1. The fourth-order valence-electron chi connectivity index (χ4n) is 4.39. The third kappa shape index (κ3) is 5.51. The number of rotatable bonds is 9. The Kier molecular flexibility index (Phi) is 7.65. The lowest BCUT2D eigenvalue weighted by molar-refractivity contribution is -0.136. The number of nitrogens with zero attached hydrogens (tertiary/aromatic N) is 3. The molecule has 0 saturated carbocycles. The molecular formula is C30H26ClN3O5. The number of methoxy groups -OCH3 is 1. The number of para-hydroxylation sites is 3. The van der Waals surface area contributed by atoms with Crippen LogP contribution in [0.1, 0.15) is 24.6 Å². The van der Waals surface area contributed by atoms with E-state index in [2.05, 4.69) is 0 Å². The predicted molar refractivity (Wildman–Crippen MR) is 149 cm³/mol. The third-order valence-corrected chi connectivity index (χ3v) is 6.62. The maximum Gasteiger partial charge on any atom is 0.266 e. The zero-order valence-corrected chi connectivity index (χ0v) is 22.2. The summed E-state index contributed by atoms with van der Waals surface area (Å²) in [5, 5.41) is 1.02. The molecule has 198 valence electrons. The zero-order chi connectivity index (χ0) is 27.4. The summed E-state index contributed by atoms with van der Waals surface area (Å²) in [4.78, 5) is 34.0. The van der Waals surface area contributed by atoms with E-state index in [1.807, 2.05) is 25.1 Å². The van der Waals surface area contributed by atoms with E-state index in [0.717, 1.165) is 0 Å². The van der Waals surface area contributed by atoms with E-state index < -0.39 is 6.04 Å². The Morgan fingerprint density at radius 1 is 1.03 bits per heavy atom. The Hall–Kier alpha value is -4.56. The maximum absolute atomic E-state index is 13.9. The van der Waals surface area contributed by atoms with Crippen LogP contribution >= 0.6 is 11.6 Å². The minimum atomic E-state index is -0.654. The SMILES string of the molecule is COc1ccccc1-n1c(C(C)N(Cc2ccco2)C(=O)COc2ccc(Cl)cc2)nc2ccccc2c1=O. The van der Waals surface area contributed by atoms with Crippen LogP contribution < -0.4 is 15.0 Å². The highest BCUT2D eigenvalue weighted by atomic mass is 35.5. The molecule has 2 aromatic heterocycles. The van der Waals surface area contributed by atoms with Crippen LogP contribution in [0.15, 0.2) is 100 Å². The minimum absolute atomic E-state index is 0.144. The lowest BCUT2D eigenvalue weighted by atomic mass is 10.1. The number of ether oxygens (including phenoxy) is 2. The fraction of sp³-hybridized carbons (Fsp3) is 0.167. The topological polar surface area (TPSA) is 86.8 Å². The second-order valence-corrected chi connectivity index (χ2v) is 9.26. The Balaban J connectivity index is 1.60. The first-order valence-electron chi connectivity index (χ1n) is 12.3. The van der Waals surface area contributed by atoms with Gasteiger partial charge in [0.1, 0.15) is 23.1 Å². The fourth-order valence-corrected chi connectivity index (χ4v) is 4.51. The van der Waals surface area contributed by atoms with Crippen LogP contribution in [0.5, 0.6) is 11.5 Å². The Morgan fingerprint density at radius 2 is 1.77 bits per heavy atom. The van der Waals surface area contributed by atoms with E-state index in [9.17, 15) is 9.59 Å². The number of carbonyl (C=O) groups is 1. The van der Waals surface area contributed by atoms with Crippen molar-refractivity contribution in [1.82, 2.24) is 14.5 Å². The molecule has 0 radical (unpaired) electrons. The summed E-state index contributed by atoms with van der Waals surface area (Å²) in [5.41, 5.74) is 0.779. The average molecular weight is 544 g/mol. The molecule has 0 aliphatic heterocycles. The first-order valence-corrected chi connectivity index (χ1v) is 12.7. The van der Waals surface area contributed by atoms with Gasteiger partial charge in [-0.05, 0) is 67.6 Å². The molecule has 0 aliphatic rings. The van der Waals surface area contributed by atoms with Crippen LogP contribution in [0.3, 0.4) is 0 Å². The number of carbonyl (C=O) groups excluding carboxylic acids is 1. The molecule has 3 aromatic carbocycles. The number of amides is 1. The van der Waals surface area contributed by atoms with Gasteiger partial charge in [-0.3, -0.25) is 14.2 Å². The Morgan fingerprint density at radius 3 is 2.51 bits per heavy atom. The molecule has 0 N–H and O–H groups in total. The van der Waals surface area contributed by atoms with Crippen LogP contribution in [-0.2, 0) is 11.3 Å². The van der Waals surface area contributed by atoms with Gasteiger partial charge in [0.05, 0.1) is 42.5 Å². The number of halogens is 1. The van der Waals surface area contributed by atoms with Gasteiger partial charge in [0.25, 0.3) is 11.5 Å². The van der Waals surface area contributed by atoms with Gasteiger partial charge in [-0.25, -0.2) is 4.98 Å². The van der Waals surface area contributed by atoms with Gasteiger partial charge >= 0.3 is 0 Å². The molecule has 0 fully saturated rings. The molecule has 39 heavy (non-hydrogen) atoms. The highest BCUT2D eigenvalue weighted by molar-refractivity contribution is 6.30. The summed E-state index contributed by atoms with van der Waals surface area (Å²) in [7, 11) is 1.54. The highest BCUT2D eigenvalue weighted by Gasteiger charge is 2.29. The summed E-state index contributed by atoms with van der Waals surface area (Å²) in [5.74, 6) is 1.64. The molecule has 0 aliphatic carbocycles. The van der Waals surface area contributed by atoms with Crippen molar-refractivity contribution in [2.75, 3.05) is 13.7 Å². The zero-order valence-electron chi connectivity index (χ0n) is 21.4. The van der Waals surface area contributed by atoms with Gasteiger partial charge < -0.3 is 18.8 Å². The van der Waals surface area contributed by atoms with Crippen molar-refractivity contribution < 1.29 is 18.7 Å². The van der Waals surface area contributed by atoms with Crippen molar-refractivity contribution in [2.45, 2.75) is 19.5 Å². The van der Waals surface area contributed by atoms with Crippen LogP contribution in [0.4, 0.5) is 0 Å². The second-order valence-electron chi connectivity index (χ2n) is 8.82. The molecule has 9 heteroatoms. The lowest BCUT2D eigenvalue weighted by Gasteiger charge is -2.30. The highest BCUT2D eigenvalue weighted by Crippen LogP contribution is 2.29. The lowest BCUT2D eigenvalue weighted by Crippen LogP contribution is -2.39. The minimum Gasteiger partial charge on any atom is -0.495 e. The van der Waals surface area contributed by atoms with Gasteiger partial charge in [-0.1, -0.05) is 35.9 Å². The predicted octanol–water partition coefficient (Wildman–Crippen LogP) is 5.81. The quantitative estimate of drug-likeness (QED) is 0.233. The van der Waals surface area contributed by atoms with Gasteiger partial charge in [0, 0.05) is 5.02 Å². The smallest absolute Gasteiger partial charge is 0.266 e. The van der Waals surface area contributed by atoms with Gasteiger partial charge in [-0.15, -0.1) is 0 Å². The van der Waals surface area contributed by atoms with Crippen LogP contribution in [-0.4, -0.2) is 34.1 Å². The molecule has 0 bridgehead atoms. The average Bonchev–Trinajstić information content (AvgIpc) is 3.48. The van der Waals surface area contributed by atoms with E-state index in [1.54, 1.807) is 85.0 Å². The van der Waals surface area contributed by atoms with Crippen molar-refractivity contribution in [3.05, 3.63) is 118 Å². The molecule has 0 spiro atoms. The third-order valence-electron chi connectivity index (χ3n) is 6.37. The molecule has 1 atom stereocenters. The monoisotopic (exact) mass is 543 g/mol. The van der Waals surface area contributed by atoms with E-state index >= 15 is 0 Å². The van der Waals surface area contributed by atoms with Gasteiger partial charge in [0.2, 0.25) is 0 Å². The van der Waals surface area contributed by atoms with Crippen molar-refractivity contribution in [3.63, 3.8) is 0 Å². The van der Waals surface area contributed by atoms with Crippen LogP contribution in [0, 0.1) is 0 Å². The van der Waals surface area contributed by atoms with Gasteiger partial charge in [-0.2, -0.15) is 0 Å². The van der Waals surface area contributed by atoms with E-state index in [0.29, 0.717) is 44.7 Å². The molecular weight excluding hydrogens is 518 g/mol. The molecule has 8 nitrogen and oxygen atoms in total. The van der Waals surface area contributed by atoms with E-state index in [-0.39, 0.29) is 24.6 Å². The first kappa shape index (κ1) is 26.1. The molecule has 0 saturated heterocycles. The number of hydrogen-bond acceptors (Lipinski definition) is 6. The maximum atomic E-state index is 13.9. The van der Waals surface area contributed by atoms with Crippen molar-refractivity contribution >= 4 is 28.4 Å². The Bertz CT molecular complexity index is 1650. The van der Waals surface area contributed by atoms with Crippen molar-refractivity contribution in [2.24, 2.45) is 0 Å². The first-order chi connectivity index (χ1) is 19.0. The van der Waals surface area contributed by atoms with E-state index in [4.69, 9.17) is 30.5 Å². The summed E-state index contributed by atoms with van der Waals surface area (Å²) in [6.45, 7) is 1.73. The largest absolute Gasteiger partial charge is 0.495 e.